The highest BCUT2D eigenvalue weighted by Crippen LogP contribution is 2.36. The van der Waals surface area contributed by atoms with Crippen molar-refractivity contribution in [2.75, 3.05) is 13.2 Å². The van der Waals surface area contributed by atoms with E-state index in [1.807, 2.05) is 0 Å². The number of carbonyl (C=O) groups is 2. The number of aliphatic hydroxyl groups is 1. The molecular weight excluding hydrogens is 380 g/mol. The van der Waals surface area contributed by atoms with Gasteiger partial charge >= 0.3 is 11.9 Å². The maximum atomic E-state index is 11.8. The Labute approximate surface area is 156 Å². The highest BCUT2D eigenvalue weighted by atomic mass is 16.6. The molecule has 150 valence electrons. The van der Waals surface area contributed by atoms with E-state index >= 15 is 0 Å². The third-order valence-corrected chi connectivity index (χ3v) is 3.42. The average molecular weight is 396 g/mol. The molecule has 0 saturated heterocycles. The van der Waals surface area contributed by atoms with E-state index < -0.39 is 65.8 Å². The van der Waals surface area contributed by atoms with Gasteiger partial charge in [-0.05, 0) is 24.3 Å². The first kappa shape index (κ1) is 20.5. The van der Waals surface area contributed by atoms with Crippen LogP contribution in [0.25, 0.3) is 0 Å². The van der Waals surface area contributed by atoms with E-state index in [1.54, 1.807) is 0 Å². The summed E-state index contributed by atoms with van der Waals surface area (Å²) in [5, 5.41) is 65.5. The van der Waals surface area contributed by atoms with Crippen molar-refractivity contribution in [3.05, 3.63) is 35.4 Å². The van der Waals surface area contributed by atoms with Crippen LogP contribution in [-0.2, 0) is 9.47 Å². The highest BCUT2D eigenvalue weighted by Gasteiger charge is 2.19. The van der Waals surface area contributed by atoms with Crippen molar-refractivity contribution in [3.8, 4) is 34.5 Å². The molecule has 0 unspecified atom stereocenters. The summed E-state index contributed by atoms with van der Waals surface area (Å²) < 4.78 is 9.47. The van der Waals surface area contributed by atoms with Crippen molar-refractivity contribution < 1.29 is 54.8 Å². The molecule has 0 fully saturated rings. The molecule has 0 aliphatic carbocycles. The molecule has 0 atom stereocenters. The number of carbonyl (C=O) groups excluding carboxylic acids is 2. The number of aromatic hydroxyl groups is 6. The van der Waals surface area contributed by atoms with Crippen LogP contribution >= 0.6 is 0 Å². The van der Waals surface area contributed by atoms with Crippen molar-refractivity contribution >= 4 is 11.9 Å². The molecule has 7 N–H and O–H groups in total. The van der Waals surface area contributed by atoms with Crippen molar-refractivity contribution in [3.63, 3.8) is 0 Å². The summed E-state index contributed by atoms with van der Waals surface area (Å²) in [6, 6.07) is 3.36. The second-order valence-electron chi connectivity index (χ2n) is 5.58. The number of esters is 2. The lowest BCUT2D eigenvalue weighted by Crippen LogP contribution is -2.25. The second kappa shape index (κ2) is 8.22. The number of ether oxygens (including phenoxy) is 2. The predicted octanol–water partition coefficient (Wildman–Crippen LogP) is 0.295. The van der Waals surface area contributed by atoms with Gasteiger partial charge in [-0.25, -0.2) is 9.59 Å². The smallest absolute Gasteiger partial charge is 0.338 e. The van der Waals surface area contributed by atoms with Crippen molar-refractivity contribution in [1.82, 2.24) is 0 Å². The van der Waals surface area contributed by atoms with Gasteiger partial charge in [0.15, 0.2) is 34.5 Å². The van der Waals surface area contributed by atoms with Crippen molar-refractivity contribution in [1.29, 1.82) is 0 Å². The minimum absolute atomic E-state index is 0.299. The summed E-state index contributed by atoms with van der Waals surface area (Å²) in [4.78, 5) is 23.6. The molecule has 0 radical (unpaired) electrons. The molecule has 11 nitrogen and oxygen atoms in total. The minimum atomic E-state index is -1.44. The molecule has 2 aromatic rings. The third kappa shape index (κ3) is 4.65. The Kier molecular flexibility index (Phi) is 6.01. The van der Waals surface area contributed by atoms with Crippen LogP contribution in [0.1, 0.15) is 20.7 Å². The lowest BCUT2D eigenvalue weighted by molar-refractivity contribution is -0.00476. The number of hydrogen-bond donors (Lipinski definition) is 7. The topological polar surface area (TPSA) is 194 Å². The van der Waals surface area contributed by atoms with Gasteiger partial charge in [0.25, 0.3) is 0 Å². The molecule has 2 aromatic carbocycles. The van der Waals surface area contributed by atoms with Gasteiger partial charge in [-0.3, -0.25) is 0 Å². The van der Waals surface area contributed by atoms with Gasteiger partial charge in [0, 0.05) is 0 Å². The first-order chi connectivity index (χ1) is 13.1. The standard InChI is InChI=1S/C17H16O11/c18-9(5-27-16(25)7-1-10(19)14(23)11(20)2-7)6-28-17(26)8-3-12(21)15(24)13(22)4-8/h1-4,9,18-24H,5-6H2. The molecule has 11 heteroatoms. The Bertz CT molecular complexity index is 786. The predicted molar refractivity (Wildman–Crippen MR) is 89.4 cm³/mol. The van der Waals surface area contributed by atoms with E-state index in [0.717, 1.165) is 24.3 Å². The van der Waals surface area contributed by atoms with Crippen LogP contribution in [0.3, 0.4) is 0 Å². The molecule has 0 saturated carbocycles. The average Bonchev–Trinajstić information content (AvgIpc) is 2.65. The van der Waals surface area contributed by atoms with E-state index in [9.17, 15) is 45.3 Å². The van der Waals surface area contributed by atoms with E-state index in [-0.39, 0.29) is 11.1 Å². The molecule has 0 heterocycles. The van der Waals surface area contributed by atoms with Crippen molar-refractivity contribution in [2.45, 2.75) is 6.10 Å². The molecule has 0 aliphatic heterocycles. The van der Waals surface area contributed by atoms with Gasteiger partial charge in [-0.15, -0.1) is 0 Å². The summed E-state index contributed by atoms with van der Waals surface area (Å²) in [6.07, 6.45) is -1.44. The molecule has 0 aromatic heterocycles. The Morgan fingerprint density at radius 3 is 1.25 bits per heavy atom. The van der Waals surface area contributed by atoms with E-state index in [0.29, 0.717) is 0 Å². The zero-order valence-electron chi connectivity index (χ0n) is 14.1. The van der Waals surface area contributed by atoms with Gasteiger partial charge in [0.05, 0.1) is 11.1 Å². The van der Waals surface area contributed by atoms with Gasteiger partial charge in [0.1, 0.15) is 19.3 Å². The summed E-state index contributed by atoms with van der Waals surface area (Å²) in [7, 11) is 0. The Morgan fingerprint density at radius 1 is 0.679 bits per heavy atom. The van der Waals surface area contributed by atoms with E-state index in [2.05, 4.69) is 0 Å². The summed E-state index contributed by atoms with van der Waals surface area (Å²) in [6.45, 7) is -1.22. The number of phenolic OH excluding ortho intramolecular Hbond substituents is 6. The SMILES string of the molecule is O=C(OCC(O)COC(=O)c1cc(O)c(O)c(O)c1)c1cc(O)c(O)c(O)c1. The fourth-order valence-electron chi connectivity index (χ4n) is 2.00. The Hall–Kier alpha value is -3.86. The van der Waals surface area contributed by atoms with Crippen molar-refractivity contribution in [2.24, 2.45) is 0 Å². The zero-order valence-corrected chi connectivity index (χ0v) is 14.1. The number of aliphatic hydroxyl groups excluding tert-OH is 1. The molecule has 2 rings (SSSR count). The summed E-state index contributed by atoms with van der Waals surface area (Å²) >= 11 is 0. The van der Waals surface area contributed by atoms with Crippen LogP contribution in [0, 0.1) is 0 Å². The molecule has 0 aliphatic rings. The van der Waals surface area contributed by atoms with Gasteiger partial charge in [-0.2, -0.15) is 0 Å². The summed E-state index contributed by atoms with van der Waals surface area (Å²) in [5.41, 5.74) is -0.598. The quantitative estimate of drug-likeness (QED) is 0.262. The minimum Gasteiger partial charge on any atom is -0.504 e. The number of rotatable bonds is 6. The normalized spacial score (nSPS) is 10.6. The Balaban J connectivity index is 1.88. The maximum Gasteiger partial charge on any atom is 0.338 e. The lowest BCUT2D eigenvalue weighted by Gasteiger charge is -2.13. The molecule has 28 heavy (non-hydrogen) atoms. The molecule has 0 amide bonds. The monoisotopic (exact) mass is 396 g/mol. The largest absolute Gasteiger partial charge is 0.504 e. The van der Waals surface area contributed by atoms with Crippen LogP contribution in [0.5, 0.6) is 34.5 Å². The van der Waals surface area contributed by atoms with Gasteiger partial charge in [-0.1, -0.05) is 0 Å². The first-order valence-corrected chi connectivity index (χ1v) is 7.62. The Morgan fingerprint density at radius 2 is 0.964 bits per heavy atom. The third-order valence-electron chi connectivity index (χ3n) is 3.42. The van der Waals surface area contributed by atoms with Crippen LogP contribution in [-0.4, -0.2) is 67.0 Å². The van der Waals surface area contributed by atoms with Crippen LogP contribution in [0.15, 0.2) is 24.3 Å². The van der Waals surface area contributed by atoms with E-state index in [4.69, 9.17) is 9.47 Å². The first-order valence-electron chi connectivity index (χ1n) is 7.62. The number of hydrogen-bond acceptors (Lipinski definition) is 11. The number of benzene rings is 2. The highest BCUT2D eigenvalue weighted by molar-refractivity contribution is 5.91. The fraction of sp³-hybridized carbons (Fsp3) is 0.176. The second-order valence-corrected chi connectivity index (χ2v) is 5.58. The fourth-order valence-corrected chi connectivity index (χ4v) is 2.00. The van der Waals surface area contributed by atoms with Crippen LogP contribution in [0.2, 0.25) is 0 Å². The molecular formula is C17H16O11. The van der Waals surface area contributed by atoms with Crippen LogP contribution < -0.4 is 0 Å². The van der Waals surface area contributed by atoms with Crippen LogP contribution in [0.4, 0.5) is 0 Å². The maximum absolute atomic E-state index is 11.8. The zero-order chi connectivity index (χ0) is 21.0. The lowest BCUT2D eigenvalue weighted by atomic mass is 10.2. The van der Waals surface area contributed by atoms with Gasteiger partial charge < -0.3 is 45.2 Å². The summed E-state index contributed by atoms with van der Waals surface area (Å²) in [5.74, 6) is -6.69. The van der Waals surface area contributed by atoms with Gasteiger partial charge in [0.2, 0.25) is 0 Å². The molecule has 0 spiro atoms. The number of phenols is 6. The van der Waals surface area contributed by atoms with E-state index in [1.165, 1.54) is 0 Å². The molecule has 0 bridgehead atoms.